The molecule has 12 heavy (non-hydrogen) atoms. The summed E-state index contributed by atoms with van der Waals surface area (Å²) in [7, 11) is 0. The number of hydrogen-bond donors (Lipinski definition) is 3. The Morgan fingerprint density at radius 3 is 2.33 bits per heavy atom. The van der Waals surface area contributed by atoms with E-state index in [-0.39, 0.29) is 5.92 Å². The molecule has 0 aliphatic carbocycles. The number of rotatable bonds is 3. The second kappa shape index (κ2) is 4.84. The van der Waals surface area contributed by atoms with E-state index in [0.717, 1.165) is 0 Å². The lowest BCUT2D eigenvalue weighted by molar-refractivity contribution is -0.133. The van der Waals surface area contributed by atoms with E-state index in [4.69, 9.17) is 10.8 Å². The van der Waals surface area contributed by atoms with E-state index >= 15 is 0 Å². The van der Waals surface area contributed by atoms with Crippen molar-refractivity contribution < 1.29 is 14.7 Å². The van der Waals surface area contributed by atoms with E-state index in [1.54, 1.807) is 13.8 Å². The van der Waals surface area contributed by atoms with E-state index in [2.05, 4.69) is 0 Å². The fraction of sp³-hybridized carbons (Fsp3) is 0.714. The Bertz CT molecular complexity index is 179. The summed E-state index contributed by atoms with van der Waals surface area (Å²) < 4.78 is 0. The van der Waals surface area contributed by atoms with Crippen LogP contribution in [0.2, 0.25) is 0 Å². The molecule has 0 bridgehead atoms. The lowest BCUT2D eigenvalue weighted by Crippen LogP contribution is -2.46. The van der Waals surface area contributed by atoms with Crippen LogP contribution in [0.4, 0.5) is 0 Å². The minimum atomic E-state index is -0.726. The highest BCUT2D eigenvalue weighted by Gasteiger charge is 2.18. The maximum Gasteiger partial charge on any atom is 0.252 e. The number of carbonyl (C=O) groups is 2. The molecule has 5 nitrogen and oxygen atoms in total. The van der Waals surface area contributed by atoms with Crippen molar-refractivity contribution in [3.05, 3.63) is 0 Å². The molecule has 1 atom stereocenters. The highest BCUT2D eigenvalue weighted by Crippen LogP contribution is 1.97. The first-order valence-electron chi connectivity index (χ1n) is 3.69. The monoisotopic (exact) mass is 174 g/mol. The predicted octanol–water partition coefficient (Wildman–Crippen LogP) is -1.40. The van der Waals surface area contributed by atoms with Crippen molar-refractivity contribution in [3.8, 4) is 0 Å². The number of amides is 2. The molecule has 0 saturated heterocycles. The SMILES string of the molecule is CC(C)[C@H](N)C(=O)NC(=O)CO. The molecule has 0 aromatic heterocycles. The minimum absolute atomic E-state index is 0.0310. The van der Waals surface area contributed by atoms with Gasteiger partial charge in [-0.2, -0.15) is 0 Å². The molecule has 2 amide bonds. The van der Waals surface area contributed by atoms with Crippen LogP contribution in [-0.2, 0) is 9.59 Å². The molecule has 0 fully saturated rings. The zero-order valence-electron chi connectivity index (χ0n) is 7.20. The van der Waals surface area contributed by atoms with Crippen LogP contribution in [0.3, 0.4) is 0 Å². The molecule has 0 spiro atoms. The fourth-order valence-electron chi connectivity index (χ4n) is 0.563. The summed E-state index contributed by atoms with van der Waals surface area (Å²) >= 11 is 0. The largest absolute Gasteiger partial charge is 0.387 e. The molecule has 70 valence electrons. The average molecular weight is 174 g/mol. The van der Waals surface area contributed by atoms with Gasteiger partial charge in [-0.3, -0.25) is 14.9 Å². The molecule has 0 aromatic carbocycles. The van der Waals surface area contributed by atoms with Crippen LogP contribution >= 0.6 is 0 Å². The second-order valence-corrected chi connectivity index (χ2v) is 2.84. The molecule has 5 heteroatoms. The van der Waals surface area contributed by atoms with E-state index in [9.17, 15) is 9.59 Å². The van der Waals surface area contributed by atoms with Gasteiger partial charge in [0, 0.05) is 0 Å². The Balaban J connectivity index is 3.96. The van der Waals surface area contributed by atoms with Gasteiger partial charge in [0.2, 0.25) is 5.91 Å². The highest BCUT2D eigenvalue weighted by molar-refractivity contribution is 5.98. The van der Waals surface area contributed by atoms with Gasteiger partial charge in [0.25, 0.3) is 5.91 Å². The standard InChI is InChI=1S/C7H14N2O3/c1-4(2)6(8)7(12)9-5(11)3-10/h4,6,10H,3,8H2,1-2H3,(H,9,11,12)/t6-/m0/s1. The first-order chi connectivity index (χ1) is 5.49. The summed E-state index contributed by atoms with van der Waals surface area (Å²) in [6, 6.07) is -0.708. The van der Waals surface area contributed by atoms with Crippen LogP contribution in [0.5, 0.6) is 0 Å². The molecule has 0 aliphatic rings. The highest BCUT2D eigenvalue weighted by atomic mass is 16.3. The zero-order chi connectivity index (χ0) is 9.72. The second-order valence-electron chi connectivity index (χ2n) is 2.84. The van der Waals surface area contributed by atoms with Crippen LogP contribution in [0.25, 0.3) is 0 Å². The third-order valence-corrected chi connectivity index (χ3v) is 1.43. The number of aliphatic hydroxyl groups is 1. The third kappa shape index (κ3) is 3.45. The van der Waals surface area contributed by atoms with Crippen LogP contribution in [0.15, 0.2) is 0 Å². The van der Waals surface area contributed by atoms with Crippen molar-refractivity contribution in [1.29, 1.82) is 0 Å². The first kappa shape index (κ1) is 11.1. The maximum atomic E-state index is 11.0. The number of hydrogen-bond acceptors (Lipinski definition) is 4. The Morgan fingerprint density at radius 2 is 2.00 bits per heavy atom. The molecule has 0 aliphatic heterocycles. The summed E-state index contributed by atoms with van der Waals surface area (Å²) in [5.41, 5.74) is 5.42. The summed E-state index contributed by atoms with van der Waals surface area (Å²) in [5.74, 6) is -1.31. The third-order valence-electron chi connectivity index (χ3n) is 1.43. The van der Waals surface area contributed by atoms with Crippen molar-refractivity contribution in [2.45, 2.75) is 19.9 Å². The average Bonchev–Trinajstić information content (AvgIpc) is 2.02. The lowest BCUT2D eigenvalue weighted by atomic mass is 10.1. The molecule has 0 radical (unpaired) electrons. The van der Waals surface area contributed by atoms with Crippen molar-refractivity contribution in [2.24, 2.45) is 11.7 Å². The lowest BCUT2D eigenvalue weighted by Gasteiger charge is -2.13. The molecular weight excluding hydrogens is 160 g/mol. The van der Waals surface area contributed by atoms with Crippen LogP contribution in [-0.4, -0.2) is 29.6 Å². The predicted molar refractivity (Wildman–Crippen MR) is 43.0 cm³/mol. The van der Waals surface area contributed by atoms with Gasteiger partial charge in [-0.25, -0.2) is 0 Å². The smallest absolute Gasteiger partial charge is 0.252 e. The van der Waals surface area contributed by atoms with Gasteiger partial charge >= 0.3 is 0 Å². The molecule has 0 unspecified atom stereocenters. The molecule has 0 saturated carbocycles. The number of nitrogens with one attached hydrogen (secondary N) is 1. The normalized spacial score (nSPS) is 12.8. The van der Waals surface area contributed by atoms with Crippen molar-refractivity contribution in [2.75, 3.05) is 6.61 Å². The van der Waals surface area contributed by atoms with Crippen LogP contribution < -0.4 is 11.1 Å². The fourth-order valence-corrected chi connectivity index (χ4v) is 0.563. The van der Waals surface area contributed by atoms with Crippen LogP contribution in [0.1, 0.15) is 13.8 Å². The summed E-state index contributed by atoms with van der Waals surface area (Å²) in [5, 5.41) is 10.3. The van der Waals surface area contributed by atoms with Gasteiger partial charge in [0.1, 0.15) is 6.61 Å². The summed E-state index contributed by atoms with van der Waals surface area (Å²) in [4.78, 5) is 21.5. The molecule has 4 N–H and O–H groups in total. The van der Waals surface area contributed by atoms with Gasteiger partial charge in [0.05, 0.1) is 6.04 Å². The topological polar surface area (TPSA) is 92.4 Å². The van der Waals surface area contributed by atoms with Crippen molar-refractivity contribution >= 4 is 11.8 Å². The number of aliphatic hydroxyl groups excluding tert-OH is 1. The van der Waals surface area contributed by atoms with Gasteiger partial charge in [-0.05, 0) is 5.92 Å². The van der Waals surface area contributed by atoms with Gasteiger partial charge in [0.15, 0.2) is 0 Å². The molecule has 0 rings (SSSR count). The van der Waals surface area contributed by atoms with E-state index in [1.165, 1.54) is 0 Å². The van der Waals surface area contributed by atoms with Gasteiger partial charge in [-0.15, -0.1) is 0 Å². The number of imide groups is 1. The Labute approximate surface area is 70.9 Å². The minimum Gasteiger partial charge on any atom is -0.387 e. The van der Waals surface area contributed by atoms with Crippen LogP contribution in [0, 0.1) is 5.92 Å². The van der Waals surface area contributed by atoms with Gasteiger partial charge < -0.3 is 10.8 Å². The summed E-state index contributed by atoms with van der Waals surface area (Å²) in [6.45, 7) is 2.85. The Hall–Kier alpha value is -0.940. The molecular formula is C7H14N2O3. The molecule has 0 aromatic rings. The van der Waals surface area contributed by atoms with E-state index < -0.39 is 24.5 Å². The maximum absolute atomic E-state index is 11.0. The Morgan fingerprint density at radius 1 is 1.50 bits per heavy atom. The van der Waals surface area contributed by atoms with Gasteiger partial charge in [-0.1, -0.05) is 13.8 Å². The first-order valence-corrected chi connectivity index (χ1v) is 3.69. The van der Waals surface area contributed by atoms with Crippen molar-refractivity contribution in [3.63, 3.8) is 0 Å². The van der Waals surface area contributed by atoms with Crippen molar-refractivity contribution in [1.82, 2.24) is 5.32 Å². The Kier molecular flexibility index (Phi) is 4.46. The van der Waals surface area contributed by atoms with E-state index in [0.29, 0.717) is 0 Å². The number of nitrogens with two attached hydrogens (primary N) is 1. The summed E-state index contributed by atoms with van der Waals surface area (Å²) in [6.07, 6.45) is 0. The number of carbonyl (C=O) groups excluding carboxylic acids is 2. The zero-order valence-corrected chi connectivity index (χ0v) is 7.20. The quantitative estimate of drug-likeness (QED) is 0.491. The molecule has 0 heterocycles. The van der Waals surface area contributed by atoms with E-state index in [1.807, 2.05) is 5.32 Å².